The molecule has 0 bridgehead atoms. The second kappa shape index (κ2) is 7.31. The van der Waals surface area contributed by atoms with E-state index in [1.807, 2.05) is 4.90 Å². The fourth-order valence-electron chi connectivity index (χ4n) is 2.67. The van der Waals surface area contributed by atoms with Gasteiger partial charge in [-0.15, -0.1) is 10.2 Å². The number of nitrogens with zero attached hydrogens (tertiary/aromatic N) is 4. The summed E-state index contributed by atoms with van der Waals surface area (Å²) in [5, 5.41) is 8.78. The van der Waals surface area contributed by atoms with Crippen LogP contribution >= 0.6 is 11.8 Å². The summed E-state index contributed by atoms with van der Waals surface area (Å²) in [5.74, 6) is 0.567. The van der Waals surface area contributed by atoms with Crippen molar-refractivity contribution in [2.45, 2.75) is 5.16 Å². The van der Waals surface area contributed by atoms with Gasteiger partial charge in [0.1, 0.15) is 5.82 Å². The van der Waals surface area contributed by atoms with Crippen LogP contribution in [-0.4, -0.2) is 64.6 Å². The normalized spacial score (nSPS) is 15.7. The van der Waals surface area contributed by atoms with Gasteiger partial charge in [0.2, 0.25) is 5.91 Å². The molecule has 0 spiro atoms. The zero-order valence-corrected chi connectivity index (χ0v) is 14.6. The molecule has 0 atom stereocenters. The molecule has 3 rings (SSSR count). The Balaban J connectivity index is 1.65. The van der Waals surface area contributed by atoms with Crippen LogP contribution in [0.25, 0.3) is 11.4 Å². The maximum atomic E-state index is 13.9. The van der Waals surface area contributed by atoms with Crippen molar-refractivity contribution in [3.63, 3.8) is 0 Å². The van der Waals surface area contributed by atoms with E-state index in [9.17, 15) is 9.18 Å². The monoisotopic (exact) mass is 350 g/mol. The number of piperazine rings is 1. The molecule has 1 saturated heterocycles. The molecule has 1 N–H and O–H groups in total. The number of thioether (sulfide) groups is 1. The van der Waals surface area contributed by atoms with Crippen LogP contribution in [0.2, 0.25) is 0 Å². The number of quaternary nitrogens is 1. The number of nitrogens with one attached hydrogen (secondary N) is 1. The number of carbonyl (C=O) groups excluding carboxylic acids is 1. The van der Waals surface area contributed by atoms with E-state index in [0.29, 0.717) is 22.3 Å². The van der Waals surface area contributed by atoms with Crippen molar-refractivity contribution < 1.29 is 14.1 Å². The molecule has 0 radical (unpaired) electrons. The SMILES string of the molecule is Cn1c(SCC(=O)N2CC[NH+](C)CC2)nnc1-c1ccccc1F. The lowest BCUT2D eigenvalue weighted by atomic mass is 10.2. The van der Waals surface area contributed by atoms with E-state index in [4.69, 9.17) is 0 Å². The second-order valence-corrected chi connectivity index (χ2v) is 6.91. The Labute approximate surface area is 144 Å². The van der Waals surface area contributed by atoms with Crippen molar-refractivity contribution in [1.82, 2.24) is 19.7 Å². The molecule has 8 heteroatoms. The van der Waals surface area contributed by atoms with Crippen molar-refractivity contribution in [2.75, 3.05) is 39.0 Å². The average Bonchev–Trinajstić information content (AvgIpc) is 2.94. The number of halogens is 1. The molecule has 1 aliphatic rings. The van der Waals surface area contributed by atoms with Crippen molar-refractivity contribution in [2.24, 2.45) is 7.05 Å². The highest BCUT2D eigenvalue weighted by molar-refractivity contribution is 7.99. The first kappa shape index (κ1) is 16.9. The number of amides is 1. The Morgan fingerprint density at radius 1 is 1.29 bits per heavy atom. The van der Waals surface area contributed by atoms with Gasteiger partial charge in [-0.1, -0.05) is 23.9 Å². The third-order valence-corrected chi connectivity index (χ3v) is 5.25. The summed E-state index contributed by atoms with van der Waals surface area (Å²) in [6.07, 6.45) is 0. The third kappa shape index (κ3) is 3.59. The maximum absolute atomic E-state index is 13.9. The first-order valence-corrected chi connectivity index (χ1v) is 8.91. The zero-order valence-electron chi connectivity index (χ0n) is 13.8. The number of benzene rings is 1. The van der Waals surface area contributed by atoms with E-state index in [0.717, 1.165) is 26.2 Å². The lowest BCUT2D eigenvalue weighted by molar-refractivity contribution is -0.883. The number of hydrogen-bond donors (Lipinski definition) is 1. The molecule has 1 fully saturated rings. The predicted octanol–water partition coefficient (Wildman–Crippen LogP) is 0.0702. The van der Waals surface area contributed by atoms with Gasteiger partial charge in [-0.05, 0) is 12.1 Å². The summed E-state index contributed by atoms with van der Waals surface area (Å²) in [5.41, 5.74) is 0.410. The van der Waals surface area contributed by atoms with Crippen LogP contribution in [0.1, 0.15) is 0 Å². The number of rotatable bonds is 4. The highest BCUT2D eigenvalue weighted by Crippen LogP contribution is 2.24. The topological polar surface area (TPSA) is 55.5 Å². The van der Waals surface area contributed by atoms with Crippen molar-refractivity contribution in [3.8, 4) is 11.4 Å². The van der Waals surface area contributed by atoms with Crippen molar-refractivity contribution in [1.29, 1.82) is 0 Å². The number of carbonyl (C=O) groups is 1. The molecular formula is C16H21FN5OS+. The summed E-state index contributed by atoms with van der Waals surface area (Å²) in [6.45, 7) is 3.56. The van der Waals surface area contributed by atoms with E-state index in [1.165, 1.54) is 22.7 Å². The van der Waals surface area contributed by atoms with E-state index in [-0.39, 0.29) is 11.7 Å². The lowest BCUT2D eigenvalue weighted by Gasteiger charge is -2.29. The highest BCUT2D eigenvalue weighted by Gasteiger charge is 2.22. The molecule has 0 unspecified atom stereocenters. The fourth-order valence-corrected chi connectivity index (χ4v) is 3.49. The molecule has 1 aromatic carbocycles. The molecule has 1 amide bonds. The molecule has 6 nitrogen and oxygen atoms in total. The van der Waals surface area contributed by atoms with Gasteiger partial charge in [0.25, 0.3) is 0 Å². The van der Waals surface area contributed by atoms with Gasteiger partial charge in [-0.25, -0.2) is 4.39 Å². The van der Waals surface area contributed by atoms with Crippen molar-refractivity contribution >= 4 is 17.7 Å². The van der Waals surface area contributed by atoms with Gasteiger partial charge < -0.3 is 14.4 Å². The quantitative estimate of drug-likeness (QED) is 0.793. The van der Waals surface area contributed by atoms with Crippen LogP contribution in [0.15, 0.2) is 29.4 Å². The minimum Gasteiger partial charge on any atom is -0.334 e. The number of likely N-dealkylation sites (N-methyl/N-ethyl adjacent to an activating group) is 1. The number of hydrogen-bond acceptors (Lipinski definition) is 4. The summed E-state index contributed by atoms with van der Waals surface area (Å²) in [6, 6.07) is 6.47. The van der Waals surface area contributed by atoms with Crippen LogP contribution in [0.4, 0.5) is 4.39 Å². The lowest BCUT2D eigenvalue weighted by Crippen LogP contribution is -3.12. The molecule has 2 heterocycles. The van der Waals surface area contributed by atoms with E-state index >= 15 is 0 Å². The third-order valence-electron chi connectivity index (χ3n) is 4.24. The fraction of sp³-hybridized carbons (Fsp3) is 0.438. The molecular weight excluding hydrogens is 329 g/mol. The van der Waals surface area contributed by atoms with Gasteiger partial charge in [-0.3, -0.25) is 4.79 Å². The Morgan fingerprint density at radius 2 is 2.00 bits per heavy atom. The first-order chi connectivity index (χ1) is 11.6. The minimum absolute atomic E-state index is 0.114. The maximum Gasteiger partial charge on any atom is 0.233 e. The standard InChI is InChI=1S/C16H20FN5OS/c1-20-7-9-22(10-8-20)14(23)11-24-16-19-18-15(21(16)2)12-5-3-4-6-13(12)17/h3-6H,7-11H2,1-2H3/p+1. The molecule has 1 aromatic heterocycles. The highest BCUT2D eigenvalue weighted by atomic mass is 32.2. The van der Waals surface area contributed by atoms with Crippen LogP contribution in [0.5, 0.6) is 0 Å². The molecule has 2 aromatic rings. The zero-order chi connectivity index (χ0) is 17.1. The van der Waals surface area contributed by atoms with Gasteiger partial charge in [0.15, 0.2) is 11.0 Å². The van der Waals surface area contributed by atoms with Crippen LogP contribution in [0, 0.1) is 5.82 Å². The second-order valence-electron chi connectivity index (χ2n) is 5.97. The van der Waals surface area contributed by atoms with Crippen LogP contribution < -0.4 is 4.90 Å². The van der Waals surface area contributed by atoms with E-state index in [2.05, 4.69) is 17.2 Å². The largest absolute Gasteiger partial charge is 0.334 e. The smallest absolute Gasteiger partial charge is 0.233 e. The Bertz CT molecular complexity index is 727. The summed E-state index contributed by atoms with van der Waals surface area (Å²) >= 11 is 1.34. The van der Waals surface area contributed by atoms with Crippen LogP contribution in [-0.2, 0) is 11.8 Å². The number of aromatic nitrogens is 3. The molecule has 24 heavy (non-hydrogen) atoms. The van der Waals surface area contributed by atoms with Crippen molar-refractivity contribution in [3.05, 3.63) is 30.1 Å². The Morgan fingerprint density at radius 3 is 2.71 bits per heavy atom. The Hall–Kier alpha value is -1.93. The summed E-state index contributed by atoms with van der Waals surface area (Å²) < 4.78 is 15.6. The average molecular weight is 350 g/mol. The molecule has 0 aliphatic carbocycles. The molecule has 128 valence electrons. The molecule has 1 aliphatic heterocycles. The van der Waals surface area contributed by atoms with Crippen LogP contribution in [0.3, 0.4) is 0 Å². The summed E-state index contributed by atoms with van der Waals surface area (Å²) in [4.78, 5) is 15.6. The van der Waals surface area contributed by atoms with Gasteiger partial charge in [0.05, 0.1) is 44.5 Å². The summed E-state index contributed by atoms with van der Waals surface area (Å²) in [7, 11) is 3.92. The first-order valence-electron chi connectivity index (χ1n) is 7.92. The Kier molecular flexibility index (Phi) is 5.15. The van der Waals surface area contributed by atoms with E-state index < -0.39 is 0 Å². The minimum atomic E-state index is -0.333. The predicted molar refractivity (Wildman–Crippen MR) is 90.3 cm³/mol. The van der Waals surface area contributed by atoms with Gasteiger partial charge in [0, 0.05) is 7.05 Å². The van der Waals surface area contributed by atoms with Gasteiger partial charge in [-0.2, -0.15) is 0 Å². The van der Waals surface area contributed by atoms with E-state index in [1.54, 1.807) is 29.8 Å². The van der Waals surface area contributed by atoms with Gasteiger partial charge >= 0.3 is 0 Å². The molecule has 0 saturated carbocycles.